The third-order valence-electron chi connectivity index (χ3n) is 2.39. The predicted molar refractivity (Wildman–Crippen MR) is 66.2 cm³/mol. The number of terminal acetylenes is 1. The molecule has 0 heterocycles. The number of halogens is 3. The lowest BCUT2D eigenvalue weighted by Gasteiger charge is -2.13. The molecular weight excluding hydrogens is 271 g/mol. The molecule has 3 N–H and O–H groups in total. The van der Waals surface area contributed by atoms with Crippen molar-refractivity contribution in [2.75, 3.05) is 5.32 Å². The second kappa shape index (κ2) is 6.09. The van der Waals surface area contributed by atoms with Crippen molar-refractivity contribution in [3.8, 4) is 18.4 Å². The average molecular weight is 281 g/mol. The van der Waals surface area contributed by atoms with Gasteiger partial charge in [-0.1, -0.05) is 0 Å². The van der Waals surface area contributed by atoms with Gasteiger partial charge in [0.05, 0.1) is 23.2 Å². The molecule has 7 heteroatoms. The van der Waals surface area contributed by atoms with Gasteiger partial charge in [0.15, 0.2) is 0 Å². The van der Waals surface area contributed by atoms with E-state index in [1.807, 2.05) is 0 Å². The van der Waals surface area contributed by atoms with Crippen LogP contribution < -0.4 is 11.1 Å². The summed E-state index contributed by atoms with van der Waals surface area (Å²) < 4.78 is 38.2. The lowest BCUT2D eigenvalue weighted by Crippen LogP contribution is -2.35. The van der Waals surface area contributed by atoms with Gasteiger partial charge in [0.1, 0.15) is 0 Å². The summed E-state index contributed by atoms with van der Waals surface area (Å²) in [4.78, 5) is 11.5. The molecule has 104 valence electrons. The van der Waals surface area contributed by atoms with E-state index in [0.717, 1.165) is 6.07 Å². The molecule has 0 spiro atoms. The van der Waals surface area contributed by atoms with Gasteiger partial charge < -0.3 is 11.1 Å². The van der Waals surface area contributed by atoms with E-state index in [1.165, 1.54) is 12.1 Å². The molecule has 0 saturated heterocycles. The molecule has 0 fully saturated rings. The Labute approximate surface area is 113 Å². The van der Waals surface area contributed by atoms with Gasteiger partial charge in [-0.15, -0.1) is 12.3 Å². The van der Waals surface area contributed by atoms with E-state index in [4.69, 9.17) is 17.4 Å². The highest BCUT2D eigenvalue weighted by molar-refractivity contribution is 5.95. The maximum Gasteiger partial charge on any atom is 0.417 e. The van der Waals surface area contributed by atoms with E-state index in [2.05, 4.69) is 11.2 Å². The summed E-state index contributed by atoms with van der Waals surface area (Å²) in [5.74, 6) is 1.49. The second-order valence-electron chi connectivity index (χ2n) is 3.87. The minimum Gasteiger partial charge on any atom is -0.325 e. The van der Waals surface area contributed by atoms with E-state index in [1.54, 1.807) is 0 Å². The fourth-order valence-electron chi connectivity index (χ4n) is 1.41. The first-order valence-corrected chi connectivity index (χ1v) is 5.41. The molecular formula is C13H10F3N3O. The number of nitriles is 1. The number of rotatable bonds is 3. The number of hydrogen-bond donors (Lipinski definition) is 2. The average Bonchev–Trinajstić information content (AvgIpc) is 2.37. The summed E-state index contributed by atoms with van der Waals surface area (Å²) in [5.41, 5.74) is 3.68. The Kier molecular flexibility index (Phi) is 4.73. The van der Waals surface area contributed by atoms with E-state index < -0.39 is 29.3 Å². The van der Waals surface area contributed by atoms with Gasteiger partial charge in [-0.25, -0.2) is 0 Å². The summed E-state index contributed by atoms with van der Waals surface area (Å²) >= 11 is 0. The Morgan fingerprint density at radius 2 is 2.15 bits per heavy atom. The standard InChI is InChI=1S/C13H10F3N3O/c1-2-3-11(18)12(20)19-9-5-4-8(7-17)10(6-9)13(14,15)16/h1,4-6,11H,3,18H2,(H,19,20). The van der Waals surface area contributed by atoms with E-state index in [9.17, 15) is 18.0 Å². The maximum atomic E-state index is 12.7. The second-order valence-corrected chi connectivity index (χ2v) is 3.87. The Morgan fingerprint density at radius 1 is 1.50 bits per heavy atom. The topological polar surface area (TPSA) is 78.9 Å². The molecule has 0 aliphatic carbocycles. The van der Waals surface area contributed by atoms with Crippen molar-refractivity contribution in [2.45, 2.75) is 18.6 Å². The zero-order chi connectivity index (χ0) is 15.3. The molecule has 1 aromatic rings. The van der Waals surface area contributed by atoms with E-state index >= 15 is 0 Å². The number of carbonyl (C=O) groups excluding carboxylic acids is 1. The van der Waals surface area contributed by atoms with Crippen LogP contribution in [0.4, 0.5) is 18.9 Å². The molecule has 0 aromatic heterocycles. The molecule has 0 aliphatic rings. The van der Waals surface area contributed by atoms with Gasteiger partial charge in [0.2, 0.25) is 5.91 Å². The van der Waals surface area contributed by atoms with Crippen LogP contribution in [0.25, 0.3) is 0 Å². The van der Waals surface area contributed by atoms with Gasteiger partial charge in [0.25, 0.3) is 0 Å². The molecule has 4 nitrogen and oxygen atoms in total. The van der Waals surface area contributed by atoms with Gasteiger partial charge in [-0.05, 0) is 18.2 Å². The van der Waals surface area contributed by atoms with Crippen molar-refractivity contribution in [1.82, 2.24) is 0 Å². The molecule has 0 bridgehead atoms. The summed E-state index contributed by atoms with van der Waals surface area (Å²) in [6.45, 7) is 0. The normalized spacial score (nSPS) is 12.1. The van der Waals surface area contributed by atoms with Crippen molar-refractivity contribution in [1.29, 1.82) is 5.26 Å². The van der Waals surface area contributed by atoms with Crippen LogP contribution in [0.15, 0.2) is 18.2 Å². The molecule has 20 heavy (non-hydrogen) atoms. The molecule has 1 atom stereocenters. The Hall–Kier alpha value is -2.51. The molecule has 1 aromatic carbocycles. The quantitative estimate of drug-likeness (QED) is 0.830. The highest BCUT2D eigenvalue weighted by Gasteiger charge is 2.34. The smallest absolute Gasteiger partial charge is 0.325 e. The number of nitrogens with zero attached hydrogens (tertiary/aromatic N) is 1. The first kappa shape index (κ1) is 15.5. The summed E-state index contributed by atoms with van der Waals surface area (Å²) in [6, 6.07) is 3.28. The zero-order valence-electron chi connectivity index (χ0n) is 10.2. The summed E-state index contributed by atoms with van der Waals surface area (Å²) in [5, 5.41) is 10.9. The Morgan fingerprint density at radius 3 is 2.65 bits per heavy atom. The molecule has 0 saturated carbocycles. The highest BCUT2D eigenvalue weighted by atomic mass is 19.4. The molecule has 0 aliphatic heterocycles. The van der Waals surface area contributed by atoms with Crippen molar-refractivity contribution in [3.05, 3.63) is 29.3 Å². The van der Waals surface area contributed by atoms with Gasteiger partial charge >= 0.3 is 6.18 Å². The molecule has 0 radical (unpaired) electrons. The largest absolute Gasteiger partial charge is 0.417 e. The molecule has 1 rings (SSSR count). The third kappa shape index (κ3) is 3.74. The Balaban J connectivity index is 3.03. The van der Waals surface area contributed by atoms with Gasteiger partial charge in [-0.3, -0.25) is 4.79 Å². The number of nitrogens with two attached hydrogens (primary N) is 1. The number of anilines is 1. The van der Waals surface area contributed by atoms with Crippen LogP contribution in [0.2, 0.25) is 0 Å². The lowest BCUT2D eigenvalue weighted by atomic mass is 10.1. The van der Waals surface area contributed by atoms with Gasteiger partial charge in [-0.2, -0.15) is 18.4 Å². The van der Waals surface area contributed by atoms with Crippen LogP contribution in [-0.4, -0.2) is 11.9 Å². The number of amides is 1. The van der Waals surface area contributed by atoms with E-state index in [0.29, 0.717) is 6.07 Å². The number of nitrogens with one attached hydrogen (secondary N) is 1. The van der Waals surface area contributed by atoms with Crippen LogP contribution in [0.5, 0.6) is 0 Å². The maximum absolute atomic E-state index is 12.7. The van der Waals surface area contributed by atoms with Crippen LogP contribution >= 0.6 is 0 Å². The minimum absolute atomic E-state index is 0.0335. The predicted octanol–water partition coefficient (Wildman–Crippen LogP) is 1.87. The highest BCUT2D eigenvalue weighted by Crippen LogP contribution is 2.33. The van der Waals surface area contributed by atoms with Crippen molar-refractivity contribution >= 4 is 11.6 Å². The molecule has 1 amide bonds. The lowest BCUT2D eigenvalue weighted by molar-refractivity contribution is -0.137. The van der Waals surface area contributed by atoms with Crippen LogP contribution in [0, 0.1) is 23.7 Å². The number of carbonyl (C=O) groups is 1. The third-order valence-corrected chi connectivity index (χ3v) is 2.39. The van der Waals surface area contributed by atoms with Gasteiger partial charge in [0, 0.05) is 12.1 Å². The fourth-order valence-corrected chi connectivity index (χ4v) is 1.41. The van der Waals surface area contributed by atoms with Crippen molar-refractivity contribution < 1.29 is 18.0 Å². The van der Waals surface area contributed by atoms with Crippen molar-refractivity contribution in [2.24, 2.45) is 5.73 Å². The monoisotopic (exact) mass is 281 g/mol. The number of alkyl halides is 3. The van der Waals surface area contributed by atoms with Crippen LogP contribution in [0.3, 0.4) is 0 Å². The van der Waals surface area contributed by atoms with Crippen LogP contribution in [0.1, 0.15) is 17.5 Å². The van der Waals surface area contributed by atoms with Crippen molar-refractivity contribution in [3.63, 3.8) is 0 Å². The Bertz CT molecular complexity index is 596. The first-order valence-electron chi connectivity index (χ1n) is 5.41. The zero-order valence-corrected chi connectivity index (χ0v) is 10.2. The number of hydrogen-bond acceptors (Lipinski definition) is 3. The SMILES string of the molecule is C#CCC(N)C(=O)Nc1ccc(C#N)c(C(F)(F)F)c1. The minimum atomic E-state index is -4.69. The summed E-state index contributed by atoms with van der Waals surface area (Å²) in [6.07, 6.45) is 0.264. The fraction of sp³-hybridized carbons (Fsp3) is 0.231. The van der Waals surface area contributed by atoms with Crippen LogP contribution in [-0.2, 0) is 11.0 Å². The van der Waals surface area contributed by atoms with E-state index in [-0.39, 0.29) is 12.1 Å². The molecule has 1 unspecified atom stereocenters. The number of benzene rings is 1. The summed E-state index contributed by atoms with van der Waals surface area (Å²) in [7, 11) is 0. The first-order chi connectivity index (χ1) is 9.29.